The number of nitrogens with zero attached hydrogens (tertiary/aromatic N) is 2. The van der Waals surface area contributed by atoms with E-state index in [2.05, 4.69) is 0 Å². The molecule has 27 heavy (non-hydrogen) atoms. The zero-order valence-corrected chi connectivity index (χ0v) is 16.2. The molecule has 0 atom stereocenters. The number of carbonyl (C=O) groups excluding carboxylic acids is 1. The van der Waals surface area contributed by atoms with Crippen molar-refractivity contribution in [3.63, 3.8) is 0 Å². The SMILES string of the molecule is Cc1c(C(=O)c2cccc(Cl)c2)c(O)n(CCCOC(C)C)c(=O)c1C#N. The molecule has 6 nitrogen and oxygen atoms in total. The molecule has 0 radical (unpaired) electrons. The van der Waals surface area contributed by atoms with E-state index in [0.29, 0.717) is 18.1 Å². The molecule has 1 heterocycles. The fourth-order valence-electron chi connectivity index (χ4n) is 2.75. The van der Waals surface area contributed by atoms with Crippen LogP contribution in [0.3, 0.4) is 0 Å². The van der Waals surface area contributed by atoms with E-state index in [4.69, 9.17) is 16.3 Å². The normalized spacial score (nSPS) is 10.8. The first kappa shape index (κ1) is 20.7. The average molecular weight is 389 g/mol. The lowest BCUT2D eigenvalue weighted by Gasteiger charge is -2.16. The molecule has 1 aromatic carbocycles. The molecule has 0 spiro atoms. The third kappa shape index (κ3) is 4.57. The Morgan fingerprint density at radius 2 is 2.11 bits per heavy atom. The molecule has 2 aromatic rings. The summed E-state index contributed by atoms with van der Waals surface area (Å²) in [5.74, 6) is -0.956. The summed E-state index contributed by atoms with van der Waals surface area (Å²) in [5, 5.41) is 20.4. The monoisotopic (exact) mass is 388 g/mol. The average Bonchev–Trinajstić information content (AvgIpc) is 2.61. The van der Waals surface area contributed by atoms with E-state index in [1.807, 2.05) is 19.9 Å². The summed E-state index contributed by atoms with van der Waals surface area (Å²) >= 11 is 5.94. The van der Waals surface area contributed by atoms with Crippen molar-refractivity contribution in [2.45, 2.75) is 39.8 Å². The number of rotatable bonds is 7. The van der Waals surface area contributed by atoms with Crippen LogP contribution in [0.4, 0.5) is 0 Å². The van der Waals surface area contributed by atoms with Crippen LogP contribution >= 0.6 is 11.6 Å². The summed E-state index contributed by atoms with van der Waals surface area (Å²) in [6, 6.07) is 8.12. The van der Waals surface area contributed by atoms with E-state index in [0.717, 1.165) is 4.57 Å². The number of ketones is 1. The predicted molar refractivity (Wildman–Crippen MR) is 102 cm³/mol. The van der Waals surface area contributed by atoms with Crippen LogP contribution < -0.4 is 5.56 Å². The van der Waals surface area contributed by atoms with Gasteiger partial charge in [0.15, 0.2) is 5.78 Å². The quantitative estimate of drug-likeness (QED) is 0.579. The number of carbonyl (C=O) groups is 1. The topological polar surface area (TPSA) is 92.3 Å². The fraction of sp³-hybridized carbons (Fsp3) is 0.350. The third-order valence-corrected chi connectivity index (χ3v) is 4.33. The van der Waals surface area contributed by atoms with Crippen LogP contribution in [0.25, 0.3) is 0 Å². The van der Waals surface area contributed by atoms with Gasteiger partial charge in [0, 0.05) is 23.7 Å². The molecular formula is C20H21ClN2O4. The van der Waals surface area contributed by atoms with E-state index in [1.165, 1.54) is 13.0 Å². The Hall–Kier alpha value is -2.62. The standard InChI is InChI=1S/C20H21ClN2O4/c1-12(2)27-9-5-8-23-19(25)16(11-22)13(3)17(20(23)26)18(24)14-6-4-7-15(21)10-14/h4,6-7,10,12,26H,5,8-9H2,1-3H3. The Morgan fingerprint density at radius 3 is 2.70 bits per heavy atom. The number of aromatic hydroxyl groups is 1. The summed E-state index contributed by atoms with van der Waals surface area (Å²) in [6.45, 7) is 5.78. The molecule has 0 saturated heterocycles. The number of hydrogen-bond donors (Lipinski definition) is 1. The van der Waals surface area contributed by atoms with Crippen molar-refractivity contribution >= 4 is 17.4 Å². The second kappa shape index (κ2) is 8.85. The maximum atomic E-state index is 12.9. The van der Waals surface area contributed by atoms with Crippen LogP contribution in [0.2, 0.25) is 5.02 Å². The number of pyridine rings is 1. The summed E-state index contributed by atoms with van der Waals surface area (Å²) in [4.78, 5) is 25.5. The first-order chi connectivity index (χ1) is 12.8. The van der Waals surface area contributed by atoms with Crippen molar-refractivity contribution in [3.05, 3.63) is 61.9 Å². The van der Waals surface area contributed by atoms with Crippen molar-refractivity contribution in [1.29, 1.82) is 5.26 Å². The number of halogens is 1. The highest BCUT2D eigenvalue weighted by Gasteiger charge is 2.24. The van der Waals surface area contributed by atoms with Crippen molar-refractivity contribution in [3.8, 4) is 11.9 Å². The molecule has 0 bridgehead atoms. The van der Waals surface area contributed by atoms with E-state index in [-0.39, 0.29) is 34.9 Å². The van der Waals surface area contributed by atoms with Crippen LogP contribution in [-0.4, -0.2) is 28.2 Å². The largest absolute Gasteiger partial charge is 0.494 e. The molecule has 2 rings (SSSR count). The highest BCUT2D eigenvalue weighted by molar-refractivity contribution is 6.31. The van der Waals surface area contributed by atoms with Gasteiger partial charge >= 0.3 is 0 Å². The molecule has 0 aliphatic rings. The number of ether oxygens (including phenoxy) is 1. The smallest absolute Gasteiger partial charge is 0.271 e. The highest BCUT2D eigenvalue weighted by Crippen LogP contribution is 2.26. The summed E-state index contributed by atoms with van der Waals surface area (Å²) < 4.78 is 6.49. The number of benzene rings is 1. The van der Waals surface area contributed by atoms with Crippen LogP contribution in [0.15, 0.2) is 29.1 Å². The van der Waals surface area contributed by atoms with Crippen LogP contribution in [0, 0.1) is 18.3 Å². The van der Waals surface area contributed by atoms with Gasteiger partial charge in [-0.3, -0.25) is 14.2 Å². The lowest BCUT2D eigenvalue weighted by molar-refractivity contribution is 0.0743. The van der Waals surface area contributed by atoms with Crippen LogP contribution in [-0.2, 0) is 11.3 Å². The number of nitriles is 1. The highest BCUT2D eigenvalue weighted by atomic mass is 35.5. The minimum Gasteiger partial charge on any atom is -0.494 e. The second-order valence-corrected chi connectivity index (χ2v) is 6.82. The minimum absolute atomic E-state index is 0.0444. The van der Waals surface area contributed by atoms with Crippen molar-refractivity contribution < 1.29 is 14.6 Å². The molecule has 1 aromatic heterocycles. The molecular weight excluding hydrogens is 368 g/mol. The van der Waals surface area contributed by atoms with Crippen LogP contribution in [0.1, 0.15) is 47.3 Å². The van der Waals surface area contributed by atoms with E-state index < -0.39 is 17.2 Å². The van der Waals surface area contributed by atoms with Gasteiger partial charge in [-0.15, -0.1) is 0 Å². The molecule has 142 valence electrons. The molecule has 1 N–H and O–H groups in total. The third-order valence-electron chi connectivity index (χ3n) is 4.09. The predicted octanol–water partition coefficient (Wildman–Crippen LogP) is 3.43. The van der Waals surface area contributed by atoms with Gasteiger partial charge in [0.2, 0.25) is 5.88 Å². The fourth-order valence-corrected chi connectivity index (χ4v) is 2.94. The summed E-state index contributed by atoms with van der Waals surface area (Å²) in [7, 11) is 0. The van der Waals surface area contributed by atoms with Gasteiger partial charge < -0.3 is 9.84 Å². The minimum atomic E-state index is -0.625. The van der Waals surface area contributed by atoms with E-state index in [1.54, 1.807) is 18.2 Å². The zero-order valence-electron chi connectivity index (χ0n) is 15.5. The molecule has 0 unspecified atom stereocenters. The Morgan fingerprint density at radius 1 is 1.41 bits per heavy atom. The molecule has 0 amide bonds. The lowest BCUT2D eigenvalue weighted by atomic mass is 9.97. The van der Waals surface area contributed by atoms with Gasteiger partial charge in [0.1, 0.15) is 11.6 Å². The summed E-state index contributed by atoms with van der Waals surface area (Å²) in [5.41, 5.74) is -0.446. The van der Waals surface area contributed by atoms with Gasteiger partial charge in [0.05, 0.1) is 11.7 Å². The van der Waals surface area contributed by atoms with E-state index >= 15 is 0 Å². The summed E-state index contributed by atoms with van der Waals surface area (Å²) in [6.07, 6.45) is 0.493. The Balaban J connectivity index is 2.51. The number of hydrogen-bond acceptors (Lipinski definition) is 5. The Bertz CT molecular complexity index is 958. The molecule has 0 aliphatic carbocycles. The Kier molecular flexibility index (Phi) is 6.78. The molecule has 0 aliphatic heterocycles. The van der Waals surface area contributed by atoms with Gasteiger partial charge in [-0.05, 0) is 44.9 Å². The maximum absolute atomic E-state index is 12.9. The maximum Gasteiger partial charge on any atom is 0.271 e. The van der Waals surface area contributed by atoms with E-state index in [9.17, 15) is 20.0 Å². The number of aromatic nitrogens is 1. The van der Waals surface area contributed by atoms with Crippen molar-refractivity contribution in [1.82, 2.24) is 4.57 Å². The zero-order chi connectivity index (χ0) is 20.1. The van der Waals surface area contributed by atoms with Crippen LogP contribution in [0.5, 0.6) is 5.88 Å². The second-order valence-electron chi connectivity index (χ2n) is 6.38. The first-order valence-corrected chi connectivity index (χ1v) is 8.94. The first-order valence-electron chi connectivity index (χ1n) is 8.56. The van der Waals surface area contributed by atoms with Gasteiger partial charge in [0.25, 0.3) is 5.56 Å². The molecule has 7 heteroatoms. The molecule has 0 saturated carbocycles. The van der Waals surface area contributed by atoms with Crippen molar-refractivity contribution in [2.75, 3.05) is 6.61 Å². The lowest BCUT2D eigenvalue weighted by Crippen LogP contribution is -2.27. The Labute approximate surface area is 162 Å². The van der Waals surface area contributed by atoms with Gasteiger partial charge in [-0.2, -0.15) is 5.26 Å². The molecule has 0 fully saturated rings. The van der Waals surface area contributed by atoms with Gasteiger partial charge in [-0.1, -0.05) is 23.7 Å². The van der Waals surface area contributed by atoms with Crippen molar-refractivity contribution in [2.24, 2.45) is 0 Å². The van der Waals surface area contributed by atoms with Gasteiger partial charge in [-0.25, -0.2) is 0 Å².